The summed E-state index contributed by atoms with van der Waals surface area (Å²) in [5.41, 5.74) is 23.6. The number of hydrogen-bond acceptors (Lipinski definition) is 2. The fourth-order valence-corrected chi connectivity index (χ4v) is 17.6. The Kier molecular flexibility index (Phi) is 11.9. The highest BCUT2D eigenvalue weighted by Gasteiger charge is 2.45. The first-order chi connectivity index (χ1) is 48.8. The fourth-order valence-electron chi connectivity index (χ4n) is 17.6. The summed E-state index contributed by atoms with van der Waals surface area (Å²) in [6, 6.07) is 124. The number of fused-ring (bicyclic) bond motifs is 22. The minimum Gasteiger partial charge on any atom is -0.311 e. The average Bonchev–Trinajstić information content (AvgIpc) is 1.65. The van der Waals surface area contributed by atoms with Gasteiger partial charge in [-0.15, -0.1) is 0 Å². The van der Waals surface area contributed by atoms with Crippen molar-refractivity contribution in [2.45, 2.75) is 26.2 Å². The predicted molar refractivity (Wildman–Crippen MR) is 424 cm³/mol. The number of aromatic nitrogens is 2. The molecule has 5 heteroatoms. The van der Waals surface area contributed by atoms with Crippen LogP contribution in [0.2, 0.25) is 0 Å². The van der Waals surface area contributed by atoms with Crippen LogP contribution in [0.5, 0.6) is 0 Å². The average molecular weight is 1260 g/mol. The van der Waals surface area contributed by atoms with E-state index in [0.29, 0.717) is 0 Å². The van der Waals surface area contributed by atoms with Crippen LogP contribution in [0.3, 0.4) is 0 Å². The van der Waals surface area contributed by atoms with Gasteiger partial charge < -0.3 is 18.9 Å². The normalized spacial score (nSPS) is 12.9. The molecule has 0 amide bonds. The molecule has 0 fully saturated rings. The molecular weight excluding hydrogens is 1200 g/mol. The van der Waals surface area contributed by atoms with E-state index in [1.807, 2.05) is 0 Å². The largest absolute Gasteiger partial charge is 0.311 e. The van der Waals surface area contributed by atoms with E-state index in [9.17, 15) is 0 Å². The minimum absolute atomic E-state index is 0.144. The Labute approximate surface area is 573 Å². The van der Waals surface area contributed by atoms with Crippen molar-refractivity contribution in [1.29, 1.82) is 0 Å². The topological polar surface area (TPSA) is 16.3 Å². The molecule has 0 spiro atoms. The van der Waals surface area contributed by atoms with Gasteiger partial charge in [0.05, 0.1) is 22.1 Å². The monoisotopic (exact) mass is 1260 g/mol. The minimum atomic E-state index is -0.217. The Hall–Kier alpha value is -12.4. The molecule has 19 aromatic rings. The molecule has 0 aliphatic carbocycles. The number of benzene rings is 17. The summed E-state index contributed by atoms with van der Waals surface area (Å²) in [6.45, 7) is 6.96. The van der Waals surface area contributed by atoms with E-state index in [-0.39, 0.29) is 12.1 Å². The van der Waals surface area contributed by atoms with Crippen LogP contribution in [-0.2, 0) is 5.41 Å². The molecule has 2 aliphatic rings. The summed E-state index contributed by atoms with van der Waals surface area (Å²) in [5, 5.41) is 19.9. The van der Waals surface area contributed by atoms with E-state index >= 15 is 0 Å². The molecule has 21 rings (SSSR count). The Morgan fingerprint density at radius 1 is 0.263 bits per heavy atom. The van der Waals surface area contributed by atoms with Gasteiger partial charge in [0.1, 0.15) is 0 Å². The van der Waals surface area contributed by atoms with Crippen LogP contribution in [0.1, 0.15) is 26.3 Å². The van der Waals surface area contributed by atoms with E-state index in [0.717, 1.165) is 34.1 Å². The summed E-state index contributed by atoms with van der Waals surface area (Å²) < 4.78 is 5.17. The molecule has 0 atom stereocenters. The summed E-state index contributed by atoms with van der Waals surface area (Å²) in [4.78, 5) is 5.18. The van der Waals surface area contributed by atoms with Crippen LogP contribution in [0.25, 0.3) is 142 Å². The second kappa shape index (κ2) is 21.0. The van der Waals surface area contributed by atoms with Crippen LogP contribution in [0, 0.1) is 0 Å². The second-order valence-electron chi connectivity index (χ2n) is 28.3. The summed E-state index contributed by atoms with van der Waals surface area (Å²) in [5.74, 6) is 0. The highest BCUT2D eigenvalue weighted by Crippen LogP contribution is 2.51. The van der Waals surface area contributed by atoms with Crippen LogP contribution < -0.4 is 26.2 Å². The van der Waals surface area contributed by atoms with Gasteiger partial charge in [-0.05, 0) is 188 Å². The van der Waals surface area contributed by atoms with Crippen LogP contribution >= 0.6 is 0 Å². The highest BCUT2D eigenvalue weighted by atomic mass is 15.2. The van der Waals surface area contributed by atoms with E-state index < -0.39 is 0 Å². The molecule has 99 heavy (non-hydrogen) atoms. The first-order valence-corrected chi connectivity index (χ1v) is 34.7. The van der Waals surface area contributed by atoms with Crippen molar-refractivity contribution in [3.05, 3.63) is 333 Å². The molecule has 0 radical (unpaired) electrons. The smallest absolute Gasteiger partial charge is 0.252 e. The van der Waals surface area contributed by atoms with Crippen LogP contribution in [0.4, 0.5) is 34.1 Å². The highest BCUT2D eigenvalue weighted by molar-refractivity contribution is 7.00. The predicted octanol–water partition coefficient (Wildman–Crippen LogP) is 23.5. The zero-order valence-corrected chi connectivity index (χ0v) is 55.0. The fraction of sp³-hybridized carbons (Fsp3) is 0.0426. The number of rotatable bonds is 6. The van der Waals surface area contributed by atoms with Crippen molar-refractivity contribution in [3.63, 3.8) is 0 Å². The molecule has 2 aliphatic heterocycles. The van der Waals surface area contributed by atoms with Gasteiger partial charge in [-0.3, -0.25) is 0 Å². The van der Waals surface area contributed by atoms with E-state index in [2.05, 4.69) is 367 Å². The van der Waals surface area contributed by atoms with Crippen molar-refractivity contribution in [2.75, 3.05) is 9.80 Å². The van der Waals surface area contributed by atoms with Gasteiger partial charge in [0.15, 0.2) is 0 Å². The van der Waals surface area contributed by atoms with E-state index in [1.54, 1.807) is 0 Å². The second-order valence-corrected chi connectivity index (χ2v) is 28.3. The summed E-state index contributed by atoms with van der Waals surface area (Å²) >= 11 is 0. The lowest BCUT2D eigenvalue weighted by Gasteiger charge is -2.45. The van der Waals surface area contributed by atoms with Gasteiger partial charge in [-0.1, -0.05) is 263 Å². The van der Waals surface area contributed by atoms with Crippen LogP contribution in [-0.4, -0.2) is 15.8 Å². The van der Waals surface area contributed by atoms with Gasteiger partial charge >= 0.3 is 0 Å². The first-order valence-electron chi connectivity index (χ1n) is 34.7. The SMILES string of the molecule is CC(C)(C)c1cc2c3c(c1)N(c1ccccc1)c1cc(-n4c5ccc(-c6cccc7ccccc67)cc5c5c6ccccc6c6ccccc6c54)ccc1B3c1ccc(-n3c4ccc(-c5cccc6ccccc56)cc4c4c5ccccc5c5ccccc5c43)cc1N2c1ccccc1. The van der Waals surface area contributed by atoms with Gasteiger partial charge in [0.2, 0.25) is 0 Å². The third-order valence-corrected chi connectivity index (χ3v) is 21.9. The molecule has 4 nitrogen and oxygen atoms in total. The molecule has 0 N–H and O–H groups in total. The number of anilines is 6. The van der Waals surface area contributed by atoms with Gasteiger partial charge in [0, 0.05) is 77.8 Å². The van der Waals surface area contributed by atoms with Crippen molar-refractivity contribution in [3.8, 4) is 33.6 Å². The summed E-state index contributed by atoms with van der Waals surface area (Å²) in [7, 11) is 0. The molecule has 0 saturated heterocycles. The Balaban J connectivity index is 0.847. The molecule has 0 saturated carbocycles. The zero-order valence-electron chi connectivity index (χ0n) is 55.0. The standard InChI is InChI=1S/C94H63BN4/c1-94(2,3)62-54-87-91-88(55-62)97(64-30-8-5-9-31-64)86-57-66(99-84-51-45-61(70-43-23-27-59-25-11-13-33-68(59)70)53-80(84)90-76-39-19-15-35-72(76)74-37-17-21-41-78(74)93(90)99)47-49-82(86)95(91)81-48-46-65(56-85(81)96(87)63-28-6-4-7-29-63)98-83-50-44-60(69-42-22-26-58-24-10-12-32-67(58)69)52-79(83)89-75-38-18-14-34-71(75)73-36-16-20-40-77(73)92(89)98/h4-57H,1-3H3. The molecule has 4 heterocycles. The number of hydrogen-bond donors (Lipinski definition) is 0. The third-order valence-electron chi connectivity index (χ3n) is 21.9. The molecule has 0 unspecified atom stereocenters. The van der Waals surface area contributed by atoms with Crippen molar-refractivity contribution in [1.82, 2.24) is 9.13 Å². The lowest BCUT2D eigenvalue weighted by atomic mass is 9.33. The molecule has 2 aromatic heterocycles. The quantitative estimate of drug-likeness (QED) is 0.122. The Bertz CT molecular complexity index is 6270. The summed E-state index contributed by atoms with van der Waals surface area (Å²) in [6.07, 6.45) is 0. The van der Waals surface area contributed by atoms with Gasteiger partial charge in [-0.25, -0.2) is 0 Å². The van der Waals surface area contributed by atoms with Crippen molar-refractivity contribution in [2.24, 2.45) is 0 Å². The van der Waals surface area contributed by atoms with Crippen molar-refractivity contribution < 1.29 is 0 Å². The molecule has 462 valence electrons. The first kappa shape index (κ1) is 55.8. The van der Waals surface area contributed by atoms with Gasteiger partial charge in [0.25, 0.3) is 6.71 Å². The maximum absolute atomic E-state index is 2.59. The van der Waals surface area contributed by atoms with E-state index in [1.165, 1.54) is 164 Å². The Morgan fingerprint density at radius 3 is 1.05 bits per heavy atom. The maximum atomic E-state index is 2.59. The maximum Gasteiger partial charge on any atom is 0.252 e. The van der Waals surface area contributed by atoms with Crippen molar-refractivity contribution >= 4 is 165 Å². The number of nitrogens with zero attached hydrogens (tertiary/aromatic N) is 4. The van der Waals surface area contributed by atoms with Gasteiger partial charge in [-0.2, -0.15) is 0 Å². The number of para-hydroxylation sites is 2. The molecule has 17 aromatic carbocycles. The Morgan fingerprint density at radius 2 is 0.626 bits per heavy atom. The third kappa shape index (κ3) is 8.10. The molecular formula is C94H63BN4. The van der Waals surface area contributed by atoms with E-state index in [4.69, 9.17) is 0 Å². The lowest BCUT2D eigenvalue weighted by molar-refractivity contribution is 0.590. The lowest BCUT2D eigenvalue weighted by Crippen LogP contribution is -2.61. The van der Waals surface area contributed by atoms with Crippen LogP contribution in [0.15, 0.2) is 328 Å². The zero-order chi connectivity index (χ0) is 65.4. The molecule has 0 bridgehead atoms.